The van der Waals surface area contributed by atoms with E-state index in [-0.39, 0.29) is 11.8 Å². The van der Waals surface area contributed by atoms with Crippen LogP contribution in [0.1, 0.15) is 6.92 Å². The van der Waals surface area contributed by atoms with Crippen LogP contribution in [0, 0.1) is 5.92 Å². The number of carbonyl (C=O) groups is 1. The molecule has 5 nitrogen and oxygen atoms in total. The maximum Gasteiger partial charge on any atom is 0.222 e. The van der Waals surface area contributed by atoms with Crippen LogP contribution >= 0.6 is 0 Å². The molecule has 1 atom stereocenters. The molecule has 0 aromatic carbocycles. The molecule has 0 aliphatic carbocycles. The summed E-state index contributed by atoms with van der Waals surface area (Å²) >= 11 is 0. The Labute approximate surface area is 77.3 Å². The molecule has 0 saturated carbocycles. The minimum atomic E-state index is -0.301. The van der Waals surface area contributed by atoms with Crippen LogP contribution in [0.2, 0.25) is 0 Å². The van der Waals surface area contributed by atoms with Gasteiger partial charge >= 0.3 is 0 Å². The number of hydrogen-bond acceptors (Lipinski definition) is 4. The number of carbonyl (C=O) groups excluding carboxylic acids is 1. The third-order valence-corrected chi connectivity index (χ3v) is 1.88. The molecule has 1 heterocycles. The summed E-state index contributed by atoms with van der Waals surface area (Å²) in [7, 11) is 0. The van der Waals surface area contributed by atoms with Gasteiger partial charge in [0.25, 0.3) is 0 Å². The van der Waals surface area contributed by atoms with Crippen molar-refractivity contribution in [2.45, 2.75) is 6.92 Å². The molecule has 1 aliphatic heterocycles. The Morgan fingerprint density at radius 1 is 1.85 bits per heavy atom. The first-order valence-electron chi connectivity index (χ1n) is 4.34. The third-order valence-electron chi connectivity index (χ3n) is 1.88. The maximum absolute atomic E-state index is 10.7. The quantitative estimate of drug-likeness (QED) is 0.600. The van der Waals surface area contributed by atoms with Crippen LogP contribution in [0.3, 0.4) is 0 Å². The molecule has 5 heteroatoms. The standard InChI is InChI=1S/C8H15N3O2/c1-6(8(9)12)4-11-7-5-13-3-2-10-7/h6H,2-5H2,1H3,(H2,9,12)(H,10,11). The molecule has 0 aromatic heterocycles. The minimum Gasteiger partial charge on any atom is -0.372 e. The predicted octanol–water partition coefficient (Wildman–Crippen LogP) is -0.874. The van der Waals surface area contributed by atoms with E-state index in [1.54, 1.807) is 6.92 Å². The Kier molecular flexibility index (Phi) is 3.70. The molecule has 0 fully saturated rings. The molecule has 0 aromatic rings. The summed E-state index contributed by atoms with van der Waals surface area (Å²) in [5.74, 6) is 0.328. The molecule has 0 saturated heterocycles. The van der Waals surface area contributed by atoms with E-state index in [1.807, 2.05) is 0 Å². The Morgan fingerprint density at radius 2 is 2.62 bits per heavy atom. The second kappa shape index (κ2) is 4.81. The lowest BCUT2D eigenvalue weighted by Crippen LogP contribution is -2.38. The highest BCUT2D eigenvalue weighted by molar-refractivity contribution is 5.84. The van der Waals surface area contributed by atoms with E-state index in [0.717, 1.165) is 5.84 Å². The number of nitrogens with one attached hydrogen (secondary N) is 1. The van der Waals surface area contributed by atoms with Gasteiger partial charge in [0.15, 0.2) is 0 Å². The van der Waals surface area contributed by atoms with Gasteiger partial charge in [-0.1, -0.05) is 6.92 Å². The molecule has 0 bridgehead atoms. The van der Waals surface area contributed by atoms with E-state index in [1.165, 1.54) is 0 Å². The van der Waals surface area contributed by atoms with Crippen LogP contribution in [0.5, 0.6) is 0 Å². The van der Waals surface area contributed by atoms with Crippen molar-refractivity contribution in [1.82, 2.24) is 5.32 Å². The average molecular weight is 185 g/mol. The van der Waals surface area contributed by atoms with Crippen molar-refractivity contribution in [3.05, 3.63) is 0 Å². The molecule has 1 rings (SSSR count). The van der Waals surface area contributed by atoms with Crippen LogP contribution in [-0.2, 0) is 9.53 Å². The van der Waals surface area contributed by atoms with Crippen LogP contribution in [0.15, 0.2) is 4.99 Å². The van der Waals surface area contributed by atoms with Gasteiger partial charge in [0.2, 0.25) is 5.91 Å². The summed E-state index contributed by atoms with van der Waals surface area (Å²) in [6.45, 7) is 4.17. The van der Waals surface area contributed by atoms with Gasteiger partial charge in [-0.15, -0.1) is 0 Å². The van der Waals surface area contributed by atoms with Gasteiger partial charge < -0.3 is 15.8 Å². The fraction of sp³-hybridized carbons (Fsp3) is 0.750. The summed E-state index contributed by atoms with van der Waals surface area (Å²) < 4.78 is 5.17. The van der Waals surface area contributed by atoms with Gasteiger partial charge in [-0.2, -0.15) is 0 Å². The summed E-state index contributed by atoms with van der Waals surface area (Å²) in [6, 6.07) is 0. The Bertz CT molecular complexity index is 215. The number of aliphatic imine (C=N–C) groups is 1. The van der Waals surface area contributed by atoms with Gasteiger partial charge in [0, 0.05) is 6.54 Å². The fourth-order valence-electron chi connectivity index (χ4n) is 0.938. The first-order chi connectivity index (χ1) is 6.20. The predicted molar refractivity (Wildman–Crippen MR) is 49.5 cm³/mol. The molecular formula is C8H15N3O2. The zero-order valence-corrected chi connectivity index (χ0v) is 7.75. The van der Waals surface area contributed by atoms with Crippen molar-refractivity contribution in [2.75, 3.05) is 26.3 Å². The molecule has 0 spiro atoms. The number of amidine groups is 1. The summed E-state index contributed by atoms with van der Waals surface area (Å²) in [4.78, 5) is 14.9. The molecule has 3 N–H and O–H groups in total. The van der Waals surface area contributed by atoms with Crippen molar-refractivity contribution >= 4 is 11.7 Å². The van der Waals surface area contributed by atoms with Crippen molar-refractivity contribution in [3.8, 4) is 0 Å². The maximum atomic E-state index is 10.7. The molecule has 0 radical (unpaired) electrons. The Balaban J connectivity index is 2.25. The Morgan fingerprint density at radius 3 is 3.15 bits per heavy atom. The second-order valence-electron chi connectivity index (χ2n) is 3.07. The summed E-state index contributed by atoms with van der Waals surface area (Å²) in [5, 5.41) is 3.03. The number of nitrogens with zero attached hydrogens (tertiary/aromatic N) is 1. The van der Waals surface area contributed by atoms with E-state index in [0.29, 0.717) is 26.3 Å². The summed E-state index contributed by atoms with van der Waals surface area (Å²) in [6.07, 6.45) is 0. The van der Waals surface area contributed by atoms with Gasteiger partial charge in [0.1, 0.15) is 12.4 Å². The first kappa shape index (κ1) is 9.98. The lowest BCUT2D eigenvalue weighted by atomic mass is 10.2. The summed E-state index contributed by atoms with van der Waals surface area (Å²) in [5.41, 5.74) is 5.10. The molecular weight excluding hydrogens is 170 g/mol. The zero-order valence-electron chi connectivity index (χ0n) is 7.75. The molecule has 1 aliphatic rings. The average Bonchev–Trinajstić information content (AvgIpc) is 2.15. The monoisotopic (exact) mass is 185 g/mol. The first-order valence-corrected chi connectivity index (χ1v) is 4.34. The smallest absolute Gasteiger partial charge is 0.222 e. The largest absolute Gasteiger partial charge is 0.372 e. The topological polar surface area (TPSA) is 76.7 Å². The van der Waals surface area contributed by atoms with Crippen molar-refractivity contribution < 1.29 is 9.53 Å². The third kappa shape index (κ3) is 3.42. The molecule has 1 unspecified atom stereocenters. The van der Waals surface area contributed by atoms with E-state index >= 15 is 0 Å². The molecule has 1 amide bonds. The van der Waals surface area contributed by atoms with E-state index < -0.39 is 0 Å². The molecule has 74 valence electrons. The van der Waals surface area contributed by atoms with Crippen LogP contribution in [0.25, 0.3) is 0 Å². The van der Waals surface area contributed by atoms with E-state index in [9.17, 15) is 4.79 Å². The van der Waals surface area contributed by atoms with E-state index in [4.69, 9.17) is 10.5 Å². The van der Waals surface area contributed by atoms with Crippen molar-refractivity contribution in [3.63, 3.8) is 0 Å². The lowest BCUT2D eigenvalue weighted by molar-refractivity contribution is -0.121. The minimum absolute atomic E-state index is 0.176. The number of amides is 1. The van der Waals surface area contributed by atoms with Gasteiger partial charge in [0.05, 0.1) is 19.1 Å². The SMILES string of the molecule is CC(CNC1=NCCOC1)C(N)=O. The highest BCUT2D eigenvalue weighted by Crippen LogP contribution is 1.92. The van der Waals surface area contributed by atoms with Gasteiger partial charge in [-0.25, -0.2) is 0 Å². The second-order valence-corrected chi connectivity index (χ2v) is 3.07. The molecule has 13 heavy (non-hydrogen) atoms. The van der Waals surface area contributed by atoms with Gasteiger partial charge in [-0.3, -0.25) is 9.79 Å². The normalized spacial score (nSPS) is 19.0. The Hall–Kier alpha value is -1.10. The van der Waals surface area contributed by atoms with E-state index in [2.05, 4.69) is 10.3 Å². The lowest BCUT2D eigenvalue weighted by Gasteiger charge is -2.16. The number of primary amides is 1. The number of nitrogens with two attached hydrogens (primary N) is 1. The van der Waals surface area contributed by atoms with Crippen LogP contribution in [0.4, 0.5) is 0 Å². The van der Waals surface area contributed by atoms with Crippen LogP contribution in [-0.4, -0.2) is 38.0 Å². The van der Waals surface area contributed by atoms with Gasteiger partial charge in [-0.05, 0) is 0 Å². The zero-order chi connectivity index (χ0) is 9.68. The number of rotatable bonds is 3. The van der Waals surface area contributed by atoms with Crippen molar-refractivity contribution in [1.29, 1.82) is 0 Å². The van der Waals surface area contributed by atoms with Crippen LogP contribution < -0.4 is 11.1 Å². The number of hydrogen-bond donors (Lipinski definition) is 2. The fourth-order valence-corrected chi connectivity index (χ4v) is 0.938. The highest BCUT2D eigenvalue weighted by atomic mass is 16.5. The number of ether oxygens (including phenoxy) is 1. The highest BCUT2D eigenvalue weighted by Gasteiger charge is 2.10. The van der Waals surface area contributed by atoms with Crippen molar-refractivity contribution in [2.24, 2.45) is 16.6 Å².